The molecule has 0 spiro atoms. The Labute approximate surface area is 136 Å². The van der Waals surface area contributed by atoms with Crippen LogP contribution < -0.4 is 4.74 Å². The Balaban J connectivity index is 1.80. The lowest BCUT2D eigenvalue weighted by Gasteiger charge is -2.23. The Morgan fingerprint density at radius 1 is 1.43 bits per heavy atom. The molecule has 0 radical (unpaired) electrons. The van der Waals surface area contributed by atoms with Crippen LogP contribution >= 0.6 is 0 Å². The first kappa shape index (κ1) is 15.3. The predicted octanol–water partition coefficient (Wildman–Crippen LogP) is 3.27. The minimum atomic E-state index is -0.00454. The molecule has 0 bridgehead atoms. The molecule has 2 aromatic rings. The SMILES string of the molecule is CCC[C@@H]1C=CCN1C(=O)c1cc(-c2cccc(OC)c2)n[nH]1. The summed E-state index contributed by atoms with van der Waals surface area (Å²) in [6.45, 7) is 2.79. The van der Waals surface area contributed by atoms with E-state index in [1.807, 2.05) is 29.2 Å². The van der Waals surface area contributed by atoms with Gasteiger partial charge in [-0.2, -0.15) is 5.10 Å². The van der Waals surface area contributed by atoms with Gasteiger partial charge in [0.1, 0.15) is 11.4 Å². The van der Waals surface area contributed by atoms with E-state index in [-0.39, 0.29) is 11.9 Å². The Morgan fingerprint density at radius 2 is 2.30 bits per heavy atom. The van der Waals surface area contributed by atoms with Crippen LogP contribution in [-0.2, 0) is 0 Å². The second-order valence-corrected chi connectivity index (χ2v) is 5.64. The number of nitrogens with zero attached hydrogens (tertiary/aromatic N) is 2. The molecule has 0 unspecified atom stereocenters. The first-order valence-corrected chi connectivity index (χ1v) is 7.90. The summed E-state index contributed by atoms with van der Waals surface area (Å²) in [4.78, 5) is 14.6. The Hall–Kier alpha value is -2.56. The molecule has 1 aromatic carbocycles. The van der Waals surface area contributed by atoms with Gasteiger partial charge in [0.25, 0.3) is 5.91 Å². The highest BCUT2D eigenvalue weighted by atomic mass is 16.5. The van der Waals surface area contributed by atoms with Crippen molar-refractivity contribution >= 4 is 5.91 Å². The Morgan fingerprint density at radius 3 is 3.09 bits per heavy atom. The van der Waals surface area contributed by atoms with E-state index >= 15 is 0 Å². The van der Waals surface area contributed by atoms with Crippen LogP contribution in [0.5, 0.6) is 5.75 Å². The maximum atomic E-state index is 12.7. The van der Waals surface area contributed by atoms with E-state index in [1.165, 1.54) is 0 Å². The molecule has 1 aromatic heterocycles. The lowest BCUT2D eigenvalue weighted by Crippen LogP contribution is -2.36. The van der Waals surface area contributed by atoms with E-state index < -0.39 is 0 Å². The molecule has 2 heterocycles. The van der Waals surface area contributed by atoms with Crippen molar-refractivity contribution in [2.24, 2.45) is 0 Å². The van der Waals surface area contributed by atoms with Crippen LogP contribution in [-0.4, -0.2) is 40.7 Å². The summed E-state index contributed by atoms with van der Waals surface area (Å²) in [5.74, 6) is 0.764. The first-order valence-electron chi connectivity index (χ1n) is 7.90. The van der Waals surface area contributed by atoms with Gasteiger partial charge in [-0.25, -0.2) is 0 Å². The fourth-order valence-electron chi connectivity index (χ4n) is 2.87. The Kier molecular flexibility index (Phi) is 4.46. The van der Waals surface area contributed by atoms with E-state index in [0.29, 0.717) is 12.2 Å². The van der Waals surface area contributed by atoms with Crippen molar-refractivity contribution in [3.8, 4) is 17.0 Å². The van der Waals surface area contributed by atoms with Gasteiger partial charge in [0.05, 0.1) is 18.8 Å². The van der Waals surface area contributed by atoms with Crippen molar-refractivity contribution in [3.05, 3.63) is 48.2 Å². The molecule has 0 aliphatic carbocycles. The van der Waals surface area contributed by atoms with E-state index in [9.17, 15) is 4.79 Å². The fourth-order valence-corrected chi connectivity index (χ4v) is 2.87. The van der Waals surface area contributed by atoms with Gasteiger partial charge >= 0.3 is 0 Å². The lowest BCUT2D eigenvalue weighted by molar-refractivity contribution is 0.0738. The molecule has 1 amide bonds. The average molecular weight is 311 g/mol. The van der Waals surface area contributed by atoms with Gasteiger partial charge in [-0.3, -0.25) is 9.89 Å². The number of hydrogen-bond acceptors (Lipinski definition) is 3. The second-order valence-electron chi connectivity index (χ2n) is 5.64. The maximum Gasteiger partial charge on any atom is 0.272 e. The van der Waals surface area contributed by atoms with Gasteiger partial charge < -0.3 is 9.64 Å². The van der Waals surface area contributed by atoms with Crippen molar-refractivity contribution < 1.29 is 9.53 Å². The quantitative estimate of drug-likeness (QED) is 0.862. The van der Waals surface area contributed by atoms with Crippen molar-refractivity contribution in [3.63, 3.8) is 0 Å². The number of carbonyl (C=O) groups is 1. The highest BCUT2D eigenvalue weighted by molar-refractivity contribution is 5.94. The third kappa shape index (κ3) is 3.13. The van der Waals surface area contributed by atoms with Crippen molar-refractivity contribution in [2.45, 2.75) is 25.8 Å². The molecule has 1 N–H and O–H groups in total. The molecular weight excluding hydrogens is 290 g/mol. The molecule has 0 saturated heterocycles. The molecule has 0 saturated carbocycles. The maximum absolute atomic E-state index is 12.7. The summed E-state index contributed by atoms with van der Waals surface area (Å²) >= 11 is 0. The minimum Gasteiger partial charge on any atom is -0.497 e. The summed E-state index contributed by atoms with van der Waals surface area (Å²) in [6.07, 6.45) is 6.20. The average Bonchev–Trinajstić information content (AvgIpc) is 3.24. The van der Waals surface area contributed by atoms with E-state index in [2.05, 4.69) is 29.3 Å². The molecule has 1 aliphatic rings. The van der Waals surface area contributed by atoms with Gasteiger partial charge in [-0.15, -0.1) is 0 Å². The van der Waals surface area contributed by atoms with Gasteiger partial charge in [-0.1, -0.05) is 37.6 Å². The number of benzene rings is 1. The molecule has 23 heavy (non-hydrogen) atoms. The summed E-state index contributed by atoms with van der Waals surface area (Å²) < 4.78 is 5.23. The molecule has 1 atom stereocenters. The first-order chi connectivity index (χ1) is 11.2. The fraction of sp³-hybridized carbons (Fsp3) is 0.333. The van der Waals surface area contributed by atoms with Gasteiger partial charge in [0.15, 0.2) is 0 Å². The minimum absolute atomic E-state index is 0.00454. The summed E-state index contributed by atoms with van der Waals surface area (Å²) in [6, 6.07) is 9.64. The second kappa shape index (κ2) is 6.69. The number of rotatable bonds is 5. The number of aromatic nitrogens is 2. The molecule has 3 rings (SSSR count). The van der Waals surface area contributed by atoms with Crippen molar-refractivity contribution in [1.82, 2.24) is 15.1 Å². The number of H-pyrrole nitrogens is 1. The predicted molar refractivity (Wildman–Crippen MR) is 89.4 cm³/mol. The Bertz CT molecular complexity index is 721. The number of methoxy groups -OCH3 is 1. The van der Waals surface area contributed by atoms with Crippen LogP contribution in [0.25, 0.3) is 11.3 Å². The lowest BCUT2D eigenvalue weighted by atomic mass is 10.1. The van der Waals surface area contributed by atoms with Crippen LogP contribution in [0.15, 0.2) is 42.5 Å². The number of ether oxygens (including phenoxy) is 1. The third-order valence-corrected chi connectivity index (χ3v) is 4.08. The van der Waals surface area contributed by atoms with Crippen LogP contribution in [0.4, 0.5) is 0 Å². The van der Waals surface area contributed by atoms with Gasteiger partial charge in [0.2, 0.25) is 0 Å². The topological polar surface area (TPSA) is 58.2 Å². The third-order valence-electron chi connectivity index (χ3n) is 4.08. The molecule has 5 nitrogen and oxygen atoms in total. The smallest absolute Gasteiger partial charge is 0.272 e. The molecular formula is C18H21N3O2. The molecule has 120 valence electrons. The summed E-state index contributed by atoms with van der Waals surface area (Å²) in [5, 5.41) is 7.15. The van der Waals surface area contributed by atoms with Crippen LogP contribution in [0.2, 0.25) is 0 Å². The summed E-state index contributed by atoms with van der Waals surface area (Å²) in [7, 11) is 1.63. The van der Waals surface area contributed by atoms with Gasteiger partial charge in [-0.05, 0) is 24.6 Å². The van der Waals surface area contributed by atoms with Crippen LogP contribution in [0, 0.1) is 0 Å². The molecule has 5 heteroatoms. The zero-order valence-corrected chi connectivity index (χ0v) is 13.5. The van der Waals surface area contributed by atoms with E-state index in [0.717, 1.165) is 29.8 Å². The van der Waals surface area contributed by atoms with Crippen molar-refractivity contribution in [2.75, 3.05) is 13.7 Å². The molecule has 1 aliphatic heterocycles. The van der Waals surface area contributed by atoms with E-state index in [4.69, 9.17) is 4.74 Å². The van der Waals surface area contributed by atoms with Crippen LogP contribution in [0.3, 0.4) is 0 Å². The van der Waals surface area contributed by atoms with E-state index in [1.54, 1.807) is 13.2 Å². The highest BCUT2D eigenvalue weighted by Crippen LogP contribution is 2.24. The largest absolute Gasteiger partial charge is 0.497 e. The standard InChI is InChI=1S/C18H21N3O2/c1-3-6-14-8-5-10-21(14)18(22)17-12-16(19-20-17)13-7-4-9-15(11-13)23-2/h4-5,7-9,11-12,14H,3,6,10H2,1-2H3,(H,19,20)/t14-/m1/s1. The normalized spacial score (nSPS) is 16.8. The number of aromatic amines is 1. The number of amides is 1. The number of hydrogen-bond donors (Lipinski definition) is 1. The zero-order chi connectivity index (χ0) is 16.2. The molecule has 0 fully saturated rings. The summed E-state index contributed by atoms with van der Waals surface area (Å²) in [5.41, 5.74) is 2.18. The number of carbonyl (C=O) groups excluding carboxylic acids is 1. The monoisotopic (exact) mass is 311 g/mol. The van der Waals surface area contributed by atoms with Crippen LogP contribution in [0.1, 0.15) is 30.3 Å². The zero-order valence-electron chi connectivity index (χ0n) is 13.5. The highest BCUT2D eigenvalue weighted by Gasteiger charge is 2.26. The van der Waals surface area contributed by atoms with Crippen molar-refractivity contribution in [1.29, 1.82) is 0 Å². The van der Waals surface area contributed by atoms with Gasteiger partial charge in [0, 0.05) is 12.1 Å². The number of nitrogens with one attached hydrogen (secondary N) is 1.